The van der Waals surface area contributed by atoms with Crippen LogP contribution >= 0.6 is 0 Å². The summed E-state index contributed by atoms with van der Waals surface area (Å²) in [5.41, 5.74) is 2.71. The Balaban J connectivity index is -0.000000163. The monoisotopic (exact) mass is 437 g/mol. The van der Waals surface area contributed by atoms with Crippen LogP contribution in [0.4, 0.5) is 0 Å². The summed E-state index contributed by atoms with van der Waals surface area (Å²) in [4.78, 5) is 0. The van der Waals surface area contributed by atoms with Gasteiger partial charge in [0.15, 0.2) is 0 Å². The van der Waals surface area contributed by atoms with Gasteiger partial charge in [-0.3, -0.25) is 6.08 Å². The van der Waals surface area contributed by atoms with Crippen molar-refractivity contribution in [2.24, 2.45) is 0 Å². The maximum Gasteiger partial charge on any atom is 3.00 e. The smallest absolute Gasteiger partial charge is 1.00 e. The largest absolute Gasteiger partial charge is 3.00 e. The van der Waals surface area contributed by atoms with E-state index >= 15 is 0 Å². The predicted molar refractivity (Wildman–Crippen MR) is 30.8 cm³/mol. The molecule has 0 aliphatic heterocycles. The first-order chi connectivity index (χ1) is 3.30. The van der Waals surface area contributed by atoms with Crippen LogP contribution in [0, 0.1) is 6.08 Å². The van der Waals surface area contributed by atoms with Gasteiger partial charge in [-0.1, -0.05) is 6.92 Å². The normalized spacial score (nSPS) is 13.4. The van der Waals surface area contributed by atoms with Gasteiger partial charge in [-0.25, -0.2) is 11.1 Å². The first-order valence-electron chi connectivity index (χ1n) is 2.55. The van der Waals surface area contributed by atoms with Gasteiger partial charge in [-0.05, 0) is 0 Å². The molecule has 0 unspecified atom stereocenters. The van der Waals surface area contributed by atoms with Gasteiger partial charge in [-0.15, -0.1) is 13.3 Å². The van der Waals surface area contributed by atoms with Gasteiger partial charge in [0.2, 0.25) is 0 Å². The van der Waals surface area contributed by atoms with E-state index in [1.165, 1.54) is 11.1 Å². The van der Waals surface area contributed by atoms with Gasteiger partial charge >= 0.3 is 26.2 Å². The van der Waals surface area contributed by atoms with E-state index in [4.69, 9.17) is 0 Å². The van der Waals surface area contributed by atoms with E-state index in [1.807, 2.05) is 0 Å². The van der Waals surface area contributed by atoms with E-state index in [1.54, 1.807) is 0 Å². The number of hydrogen-bond acceptors (Lipinski definition) is 0. The van der Waals surface area contributed by atoms with Crippen molar-refractivity contribution in [3.05, 3.63) is 23.3 Å². The Hall–Kier alpha value is 1.82. The fourth-order valence-electron chi connectivity index (χ4n) is 0.650. The Morgan fingerprint density at radius 2 is 1.80 bits per heavy atom. The molecule has 0 aromatic carbocycles. The van der Waals surface area contributed by atoms with Crippen LogP contribution in [-0.4, -0.2) is 0 Å². The fourth-order valence-corrected chi connectivity index (χ4v) is 0.650. The van der Waals surface area contributed by atoms with Crippen LogP contribution in [0.25, 0.3) is 0 Å². The Morgan fingerprint density at radius 1 is 1.30 bits per heavy atom. The van der Waals surface area contributed by atoms with Gasteiger partial charge in [0.25, 0.3) is 0 Å². The molecule has 0 heterocycles. The van der Waals surface area contributed by atoms with E-state index in [9.17, 15) is 0 Å². The molecule has 0 bridgehead atoms. The summed E-state index contributed by atoms with van der Waals surface area (Å²) in [5, 5.41) is 0. The molecule has 0 atom stereocenters. The summed E-state index contributed by atoms with van der Waals surface area (Å²) in [6.45, 7) is 4.22. The zero-order chi connectivity index (χ0) is 5.28. The van der Waals surface area contributed by atoms with Gasteiger partial charge in [-0.2, -0.15) is 6.08 Å². The first-order valence-corrected chi connectivity index (χ1v) is 2.55. The molecular formula is C7H9I2Zr. The van der Waals surface area contributed by atoms with Crippen LogP contribution in [0.5, 0.6) is 0 Å². The molecular weight excluding hydrogens is 429 g/mol. The maximum atomic E-state index is 3.19. The van der Waals surface area contributed by atoms with Gasteiger partial charge < -0.3 is 48.0 Å². The van der Waals surface area contributed by atoms with Crippen LogP contribution < -0.4 is 48.0 Å². The molecule has 1 radical (unpaired) electrons. The molecule has 3 heteroatoms. The zero-order valence-corrected chi connectivity index (χ0v) is 12.8. The van der Waals surface area contributed by atoms with Gasteiger partial charge in [0.1, 0.15) is 0 Å². The third-order valence-electron chi connectivity index (χ3n) is 1.37. The number of allylic oxidation sites excluding steroid dienone is 4. The summed E-state index contributed by atoms with van der Waals surface area (Å²) in [5.74, 6) is 0. The van der Waals surface area contributed by atoms with Crippen molar-refractivity contribution < 1.29 is 74.2 Å². The second kappa shape index (κ2) is 8.92. The van der Waals surface area contributed by atoms with E-state index in [2.05, 4.69) is 26.0 Å². The Bertz CT molecular complexity index is 123. The minimum atomic E-state index is 0. The average Bonchev–Trinajstić information content (AvgIpc) is 1.91. The molecule has 0 saturated carbocycles. The van der Waals surface area contributed by atoms with Crippen molar-refractivity contribution in [1.82, 2.24) is 0 Å². The zero-order valence-electron chi connectivity index (χ0n) is 6.04. The van der Waals surface area contributed by atoms with Crippen LogP contribution in [0.15, 0.2) is 17.2 Å². The molecule has 0 amide bonds. The molecule has 0 aromatic heterocycles. The summed E-state index contributed by atoms with van der Waals surface area (Å²) in [7, 11) is 0. The number of hydrogen-bond donors (Lipinski definition) is 0. The van der Waals surface area contributed by atoms with Crippen LogP contribution in [-0.2, 0) is 26.2 Å². The Morgan fingerprint density at radius 3 is 1.90 bits per heavy atom. The molecule has 0 nitrogen and oxygen atoms in total. The second-order valence-corrected chi connectivity index (χ2v) is 1.89. The van der Waals surface area contributed by atoms with Crippen molar-refractivity contribution in [3.63, 3.8) is 0 Å². The maximum absolute atomic E-state index is 3.19. The molecule has 55 valence electrons. The summed E-state index contributed by atoms with van der Waals surface area (Å²) in [6.07, 6.45) is 6.41. The first kappa shape index (κ1) is 17.8. The fraction of sp³-hybridized carbons (Fsp3) is 0.429. The third-order valence-corrected chi connectivity index (χ3v) is 1.37. The molecule has 1 aliphatic rings. The summed E-state index contributed by atoms with van der Waals surface area (Å²) < 4.78 is 0. The van der Waals surface area contributed by atoms with Gasteiger partial charge in [0, 0.05) is 0 Å². The SMILES string of the molecule is CC1=[C-]CC=C1C.[I-].[I-].[Zr+3]. The Labute approximate surface area is 116 Å². The average molecular weight is 438 g/mol. The van der Waals surface area contributed by atoms with E-state index in [0.717, 1.165) is 6.42 Å². The van der Waals surface area contributed by atoms with E-state index < -0.39 is 0 Å². The van der Waals surface area contributed by atoms with Crippen LogP contribution in [0.3, 0.4) is 0 Å². The third kappa shape index (κ3) is 5.47. The van der Waals surface area contributed by atoms with Crippen molar-refractivity contribution in [3.8, 4) is 0 Å². The molecule has 0 fully saturated rings. The minimum absolute atomic E-state index is 0. The van der Waals surface area contributed by atoms with Crippen molar-refractivity contribution in [2.75, 3.05) is 0 Å². The molecule has 0 saturated heterocycles. The molecule has 1 rings (SSSR count). The molecule has 10 heavy (non-hydrogen) atoms. The molecule has 0 N–H and O–H groups in total. The van der Waals surface area contributed by atoms with Crippen molar-refractivity contribution >= 4 is 0 Å². The van der Waals surface area contributed by atoms with Crippen LogP contribution in [0.2, 0.25) is 0 Å². The topological polar surface area (TPSA) is 0 Å². The van der Waals surface area contributed by atoms with E-state index in [-0.39, 0.29) is 74.2 Å². The number of halogens is 2. The van der Waals surface area contributed by atoms with Crippen LogP contribution in [0.1, 0.15) is 20.3 Å². The predicted octanol–water partition coefficient (Wildman–Crippen LogP) is -3.91. The van der Waals surface area contributed by atoms with Crippen molar-refractivity contribution in [1.29, 1.82) is 0 Å². The second-order valence-electron chi connectivity index (χ2n) is 1.89. The standard InChI is InChI=1S/C7H9.2HI.Zr/c1-6-4-3-5-7(6)2;;;/h4H,3H2,1-2H3;2*1H;/q-1;;;+3/p-2. The minimum Gasteiger partial charge on any atom is -1.00 e. The molecule has 0 spiro atoms. The molecule has 1 aliphatic carbocycles. The van der Waals surface area contributed by atoms with E-state index in [0.29, 0.717) is 0 Å². The summed E-state index contributed by atoms with van der Waals surface area (Å²) in [6, 6.07) is 0. The Kier molecular flexibility index (Phi) is 15.9. The van der Waals surface area contributed by atoms with Crippen molar-refractivity contribution in [2.45, 2.75) is 20.3 Å². The molecule has 0 aromatic rings. The summed E-state index contributed by atoms with van der Waals surface area (Å²) >= 11 is 0. The van der Waals surface area contributed by atoms with Gasteiger partial charge in [0.05, 0.1) is 0 Å². The quantitative estimate of drug-likeness (QED) is 0.268. The number of rotatable bonds is 0.